The van der Waals surface area contributed by atoms with E-state index in [1.807, 2.05) is 0 Å². The lowest BCUT2D eigenvalue weighted by Crippen LogP contribution is -2.13. The molecule has 1 heterocycles. The highest BCUT2D eigenvalue weighted by molar-refractivity contribution is 7.90. The Hall–Kier alpha value is -1.94. The minimum atomic E-state index is -3.66. The van der Waals surface area contributed by atoms with Crippen molar-refractivity contribution in [2.75, 3.05) is 12.0 Å². The highest BCUT2D eigenvalue weighted by Gasteiger charge is 2.23. The van der Waals surface area contributed by atoms with Crippen LogP contribution < -0.4 is 5.73 Å². The summed E-state index contributed by atoms with van der Waals surface area (Å²) in [5.41, 5.74) is 5.53. The van der Waals surface area contributed by atoms with Crippen LogP contribution in [0.2, 0.25) is 0 Å². The Kier molecular flexibility index (Phi) is 3.20. The average molecular weight is 253 g/mol. The summed E-state index contributed by atoms with van der Waals surface area (Å²) in [4.78, 5) is 15.1. The largest absolute Gasteiger partial charge is 0.397 e. The maximum absolute atomic E-state index is 11.4. The van der Waals surface area contributed by atoms with E-state index in [1.54, 1.807) is 6.07 Å². The van der Waals surface area contributed by atoms with E-state index in [-0.39, 0.29) is 33.3 Å². The Morgan fingerprint density at radius 3 is 2.35 bits per heavy atom. The molecule has 0 atom stereocenters. The summed E-state index contributed by atoms with van der Waals surface area (Å²) < 4.78 is 22.9. The number of sulfone groups is 1. The van der Waals surface area contributed by atoms with Gasteiger partial charge in [0.05, 0.1) is 16.9 Å². The van der Waals surface area contributed by atoms with Gasteiger partial charge in [-0.15, -0.1) is 0 Å². The lowest BCUT2D eigenvalue weighted by atomic mass is 10.1. The predicted octanol–water partition coefficient (Wildman–Crippen LogP) is 0.450. The number of nitrogen functional groups attached to an aromatic ring is 1. The first-order valence-electron chi connectivity index (χ1n) is 4.61. The van der Waals surface area contributed by atoms with Gasteiger partial charge in [-0.3, -0.25) is 4.79 Å². The van der Waals surface area contributed by atoms with Crippen LogP contribution in [-0.4, -0.2) is 25.4 Å². The van der Waals surface area contributed by atoms with E-state index < -0.39 is 9.84 Å². The Bertz CT molecular complexity index is 642. The number of nitrogens with two attached hydrogens (primary N) is 1. The molecule has 0 aliphatic carbocycles. The van der Waals surface area contributed by atoms with Crippen molar-refractivity contribution in [3.63, 3.8) is 0 Å². The summed E-state index contributed by atoms with van der Waals surface area (Å²) in [7, 11) is -3.66. The second-order valence-corrected chi connectivity index (χ2v) is 5.54. The Morgan fingerprint density at radius 2 is 2.00 bits per heavy atom. The fourth-order valence-electron chi connectivity index (χ4n) is 1.52. The monoisotopic (exact) mass is 253 g/mol. The molecule has 1 aromatic rings. The molecule has 17 heavy (non-hydrogen) atoms. The third-order valence-corrected chi connectivity index (χ3v) is 3.20. The van der Waals surface area contributed by atoms with Crippen molar-refractivity contribution in [3.8, 4) is 6.07 Å². The fraction of sp³-hybridized carbons (Fsp3) is 0.300. The summed E-state index contributed by atoms with van der Waals surface area (Å²) in [6.07, 6.45) is 0.933. The minimum Gasteiger partial charge on any atom is -0.397 e. The summed E-state index contributed by atoms with van der Waals surface area (Å²) in [5, 5.41) is 8.53. The zero-order chi connectivity index (χ0) is 13.4. The molecule has 6 nitrogen and oxygen atoms in total. The summed E-state index contributed by atoms with van der Waals surface area (Å²) >= 11 is 0. The number of aromatic nitrogens is 1. The van der Waals surface area contributed by atoms with Gasteiger partial charge in [-0.25, -0.2) is 13.4 Å². The molecule has 0 amide bonds. The number of hydrogen-bond acceptors (Lipinski definition) is 6. The van der Waals surface area contributed by atoms with Crippen LogP contribution in [-0.2, 0) is 9.84 Å². The molecule has 0 saturated heterocycles. The Balaban J connectivity index is 3.85. The van der Waals surface area contributed by atoms with Crippen molar-refractivity contribution >= 4 is 21.3 Å². The number of carbonyl (C=O) groups excluding carboxylic acids is 1. The van der Waals surface area contributed by atoms with Gasteiger partial charge in [-0.1, -0.05) is 0 Å². The van der Waals surface area contributed by atoms with E-state index >= 15 is 0 Å². The zero-order valence-electron chi connectivity index (χ0n) is 9.60. The SMILES string of the molecule is CC(=O)c1c(C)nc(S(C)(=O)=O)c(C#N)c1N. The van der Waals surface area contributed by atoms with Crippen LogP contribution in [0.4, 0.5) is 5.69 Å². The number of Topliss-reactive ketones (excluding diaryl/α,β-unsaturated/α-hetero) is 1. The topological polar surface area (TPSA) is 114 Å². The number of pyridine rings is 1. The Labute approximate surface area is 99.0 Å². The van der Waals surface area contributed by atoms with Gasteiger partial charge in [-0.2, -0.15) is 5.26 Å². The van der Waals surface area contributed by atoms with E-state index in [0.29, 0.717) is 0 Å². The van der Waals surface area contributed by atoms with Crippen LogP contribution in [0.25, 0.3) is 0 Å². The number of ketones is 1. The molecule has 1 aromatic heterocycles. The number of anilines is 1. The molecular weight excluding hydrogens is 242 g/mol. The van der Waals surface area contributed by atoms with Crippen molar-refractivity contribution in [1.82, 2.24) is 4.98 Å². The van der Waals surface area contributed by atoms with Crippen molar-refractivity contribution in [2.24, 2.45) is 0 Å². The number of carbonyl (C=O) groups is 1. The summed E-state index contributed by atoms with van der Waals surface area (Å²) in [6.45, 7) is 2.75. The van der Waals surface area contributed by atoms with Gasteiger partial charge in [0.25, 0.3) is 0 Å². The molecule has 0 aromatic carbocycles. The number of aryl methyl sites for hydroxylation is 1. The highest BCUT2D eigenvalue weighted by atomic mass is 32.2. The van der Waals surface area contributed by atoms with E-state index in [1.165, 1.54) is 13.8 Å². The first-order valence-corrected chi connectivity index (χ1v) is 6.50. The summed E-state index contributed by atoms with van der Waals surface area (Å²) in [6, 6.07) is 1.67. The van der Waals surface area contributed by atoms with Crippen LogP contribution in [0.5, 0.6) is 0 Å². The molecule has 7 heteroatoms. The first kappa shape index (κ1) is 13.1. The van der Waals surface area contributed by atoms with E-state index in [4.69, 9.17) is 11.0 Å². The molecule has 0 aliphatic rings. The average Bonchev–Trinajstić information content (AvgIpc) is 2.14. The molecule has 0 saturated carbocycles. The fourth-order valence-corrected chi connectivity index (χ4v) is 2.35. The smallest absolute Gasteiger partial charge is 0.194 e. The number of hydrogen-bond donors (Lipinski definition) is 1. The highest BCUT2D eigenvalue weighted by Crippen LogP contribution is 2.25. The van der Waals surface area contributed by atoms with Crippen LogP contribution in [0, 0.1) is 18.3 Å². The van der Waals surface area contributed by atoms with Crippen molar-refractivity contribution in [1.29, 1.82) is 5.26 Å². The lowest BCUT2D eigenvalue weighted by Gasteiger charge is -2.10. The van der Waals surface area contributed by atoms with Crippen LogP contribution in [0.1, 0.15) is 28.5 Å². The first-order chi connectivity index (χ1) is 7.70. The van der Waals surface area contributed by atoms with Gasteiger partial charge in [0.2, 0.25) is 0 Å². The maximum Gasteiger partial charge on any atom is 0.194 e. The van der Waals surface area contributed by atoms with Gasteiger partial charge in [-0.05, 0) is 13.8 Å². The van der Waals surface area contributed by atoms with Crippen LogP contribution in [0.15, 0.2) is 5.03 Å². The van der Waals surface area contributed by atoms with Crippen molar-refractivity contribution in [3.05, 3.63) is 16.8 Å². The van der Waals surface area contributed by atoms with Gasteiger partial charge in [0, 0.05) is 6.26 Å². The van der Waals surface area contributed by atoms with Crippen molar-refractivity contribution in [2.45, 2.75) is 18.9 Å². The van der Waals surface area contributed by atoms with Crippen LogP contribution in [0.3, 0.4) is 0 Å². The standard InChI is InChI=1S/C10H11N3O3S/c1-5-8(6(2)14)9(12)7(4-11)10(13-5)17(3,15)16/h1-3H3,(H2,12,13). The summed E-state index contributed by atoms with van der Waals surface area (Å²) in [5.74, 6) is -0.357. The normalized spacial score (nSPS) is 10.9. The molecule has 2 N–H and O–H groups in total. The minimum absolute atomic E-state index is 0.0916. The molecule has 0 bridgehead atoms. The van der Waals surface area contributed by atoms with Gasteiger partial charge < -0.3 is 5.73 Å². The third-order valence-electron chi connectivity index (χ3n) is 2.20. The zero-order valence-corrected chi connectivity index (χ0v) is 10.4. The molecule has 0 unspecified atom stereocenters. The van der Waals surface area contributed by atoms with Crippen LogP contribution >= 0.6 is 0 Å². The molecule has 0 aliphatic heterocycles. The van der Waals surface area contributed by atoms with E-state index in [9.17, 15) is 13.2 Å². The molecule has 0 spiro atoms. The van der Waals surface area contributed by atoms with E-state index in [2.05, 4.69) is 4.98 Å². The molecular formula is C10H11N3O3S. The maximum atomic E-state index is 11.4. The Morgan fingerprint density at radius 1 is 1.47 bits per heavy atom. The molecule has 1 rings (SSSR count). The van der Waals surface area contributed by atoms with Gasteiger partial charge in [0.15, 0.2) is 20.6 Å². The van der Waals surface area contributed by atoms with E-state index in [0.717, 1.165) is 6.26 Å². The lowest BCUT2D eigenvalue weighted by molar-refractivity contribution is 0.101. The second kappa shape index (κ2) is 4.14. The number of nitriles is 1. The number of rotatable bonds is 2. The van der Waals surface area contributed by atoms with Gasteiger partial charge >= 0.3 is 0 Å². The number of nitrogens with zero attached hydrogens (tertiary/aromatic N) is 2. The van der Waals surface area contributed by atoms with Gasteiger partial charge in [0.1, 0.15) is 11.6 Å². The third kappa shape index (κ3) is 2.26. The predicted molar refractivity (Wildman–Crippen MR) is 61.2 cm³/mol. The molecule has 90 valence electrons. The molecule has 0 radical (unpaired) electrons. The quantitative estimate of drug-likeness (QED) is 0.765. The second-order valence-electron chi connectivity index (χ2n) is 3.61. The molecule has 0 fully saturated rings. The van der Waals surface area contributed by atoms with Crippen molar-refractivity contribution < 1.29 is 13.2 Å².